The Bertz CT molecular complexity index is 917. The van der Waals surface area contributed by atoms with Crippen LogP contribution in [0.3, 0.4) is 0 Å². The highest BCUT2D eigenvalue weighted by atomic mass is 16.4. The Balaban J connectivity index is -0.000000583. The molecule has 0 aliphatic carbocycles. The number of amides is 2. The van der Waals surface area contributed by atoms with Gasteiger partial charge in [-0.25, -0.2) is 9.59 Å². The fraction of sp³-hybridized carbons (Fsp3) is 0.600. The molecule has 2 heterocycles. The van der Waals surface area contributed by atoms with Crippen LogP contribution in [0.1, 0.15) is 143 Å². The Kier molecular flexibility index (Phi) is 41.3. The van der Waals surface area contributed by atoms with E-state index in [1.54, 1.807) is 24.8 Å². The lowest BCUT2D eigenvalue weighted by atomic mass is 9.94. The second-order valence-corrected chi connectivity index (χ2v) is 11.9. The molecule has 0 saturated heterocycles. The van der Waals surface area contributed by atoms with Gasteiger partial charge in [-0.1, -0.05) is 130 Å². The quantitative estimate of drug-likeness (QED) is 0.0691. The molecule has 0 saturated carbocycles. The first-order valence-corrected chi connectivity index (χ1v) is 18.5. The van der Waals surface area contributed by atoms with Crippen molar-refractivity contribution in [1.82, 2.24) is 9.97 Å². The van der Waals surface area contributed by atoms with Gasteiger partial charge in [-0.3, -0.25) is 19.6 Å². The normalized spacial score (nSPS) is 11.0. The summed E-state index contributed by atoms with van der Waals surface area (Å²) in [6.45, 7) is 8.74. The summed E-state index contributed by atoms with van der Waals surface area (Å²) >= 11 is 0. The molecule has 2 unspecified atom stereocenters. The fourth-order valence-electron chi connectivity index (χ4n) is 4.52. The van der Waals surface area contributed by atoms with E-state index in [0.29, 0.717) is 12.2 Å². The molecule has 0 radical (unpaired) electrons. The molecule has 10 nitrogen and oxygen atoms in total. The zero-order valence-electron chi connectivity index (χ0n) is 31.4. The maximum Gasteiger partial charge on any atom is 0.328 e. The number of nitrogens with two attached hydrogens (primary N) is 2. The molecule has 0 aromatic carbocycles. The number of unbranched alkanes of at least 4 members (excludes halogenated alkanes) is 10. The average Bonchev–Trinajstić information content (AvgIpc) is 3.12. The van der Waals surface area contributed by atoms with Gasteiger partial charge >= 0.3 is 11.9 Å². The number of rotatable bonds is 22. The molecule has 2 aromatic heterocycles. The molecule has 2 atom stereocenters. The summed E-state index contributed by atoms with van der Waals surface area (Å²) in [5.74, 6) is -2.45. The van der Waals surface area contributed by atoms with E-state index >= 15 is 0 Å². The number of nitrogens with zero attached hydrogens (tertiary/aromatic N) is 2. The van der Waals surface area contributed by atoms with E-state index in [9.17, 15) is 19.2 Å². The monoisotopic (exact) mass is 701 g/mol. The molecule has 0 aliphatic heterocycles. The first-order chi connectivity index (χ1) is 24.1. The van der Waals surface area contributed by atoms with Gasteiger partial charge in [-0.05, 0) is 49.9 Å². The summed E-state index contributed by atoms with van der Waals surface area (Å²) in [5, 5.41) is 15.6. The van der Waals surface area contributed by atoms with Crippen molar-refractivity contribution in [3.05, 3.63) is 73.3 Å². The highest BCUT2D eigenvalue weighted by Crippen LogP contribution is 2.18. The predicted molar refractivity (Wildman–Crippen MR) is 204 cm³/mol. The number of hydrogen-bond acceptors (Lipinski definition) is 6. The topological polar surface area (TPSA) is 187 Å². The minimum atomic E-state index is -1.26. The summed E-state index contributed by atoms with van der Waals surface area (Å²) < 4.78 is 0. The molecule has 0 spiro atoms. The first kappa shape index (κ1) is 50.3. The van der Waals surface area contributed by atoms with E-state index in [1.165, 1.54) is 51.4 Å². The Labute approximate surface area is 302 Å². The van der Waals surface area contributed by atoms with Crippen molar-refractivity contribution in [2.75, 3.05) is 0 Å². The van der Waals surface area contributed by atoms with Crippen LogP contribution in [-0.4, -0.2) is 43.9 Å². The molecule has 2 rings (SSSR count). The van der Waals surface area contributed by atoms with Crippen molar-refractivity contribution >= 4 is 23.8 Å². The van der Waals surface area contributed by atoms with Gasteiger partial charge in [0.15, 0.2) is 0 Å². The largest absolute Gasteiger partial charge is 0.478 e. The number of hydrogen-bond donors (Lipinski definition) is 4. The molecule has 6 N–H and O–H groups in total. The molecule has 284 valence electrons. The Morgan fingerprint density at radius 1 is 0.480 bits per heavy atom. The van der Waals surface area contributed by atoms with Gasteiger partial charge in [-0.2, -0.15) is 0 Å². The van der Waals surface area contributed by atoms with Gasteiger partial charge in [0.1, 0.15) is 0 Å². The third-order valence-corrected chi connectivity index (χ3v) is 7.43. The van der Waals surface area contributed by atoms with Gasteiger partial charge in [0, 0.05) is 48.8 Å². The fourth-order valence-corrected chi connectivity index (χ4v) is 4.52. The predicted octanol–water partition coefficient (Wildman–Crippen LogP) is 9.15. The lowest BCUT2D eigenvalue weighted by Crippen LogP contribution is -2.23. The summed E-state index contributed by atoms with van der Waals surface area (Å²) in [7, 11) is 0. The smallest absolute Gasteiger partial charge is 0.328 e. The van der Waals surface area contributed by atoms with Crippen LogP contribution in [0, 0.1) is 11.8 Å². The lowest BCUT2D eigenvalue weighted by Gasteiger charge is -2.12. The molecule has 2 amide bonds. The maximum absolute atomic E-state index is 11.1. The number of aliphatic carboxylic acids is 2. The molecule has 0 fully saturated rings. The number of primary amides is 2. The number of carbonyl (C=O) groups excluding carboxylic acids is 2. The average molecular weight is 701 g/mol. The van der Waals surface area contributed by atoms with Crippen LogP contribution in [0.25, 0.3) is 0 Å². The van der Waals surface area contributed by atoms with Crippen molar-refractivity contribution in [1.29, 1.82) is 0 Å². The number of carboxylic acid groups (broad SMARTS) is 2. The van der Waals surface area contributed by atoms with Crippen LogP contribution >= 0.6 is 0 Å². The molecule has 0 aliphatic rings. The lowest BCUT2D eigenvalue weighted by molar-refractivity contribution is -0.134. The van der Waals surface area contributed by atoms with Crippen LogP contribution in [0.15, 0.2) is 73.3 Å². The summed E-state index contributed by atoms with van der Waals surface area (Å²) in [4.78, 5) is 49.0. The van der Waals surface area contributed by atoms with Crippen molar-refractivity contribution in [3.63, 3.8) is 0 Å². The number of carbonyl (C=O) groups is 4. The number of aromatic nitrogens is 2. The van der Waals surface area contributed by atoms with Gasteiger partial charge in [0.2, 0.25) is 11.8 Å². The van der Waals surface area contributed by atoms with E-state index < -0.39 is 11.9 Å². The number of carboxylic acids is 2. The standard InChI is InChI=1S/2C13H27NO.2C5H5N.C4H4O4/c2*1-3-5-7-8-9-11-12(13(14)15)10-6-4-2;2*1-2-4-6-5-3-1;5-3(6)1-2-4(7)8/h2*12H,3-11H2,1-2H3,(H2,14,15);2*1-5H;1-2H,(H,5,6)(H,7,8)/b;;;;2-1+. The van der Waals surface area contributed by atoms with Crippen molar-refractivity contribution in [2.45, 2.75) is 143 Å². The molecule has 10 heteroatoms. The van der Waals surface area contributed by atoms with E-state index in [2.05, 4.69) is 37.7 Å². The maximum atomic E-state index is 11.1. The van der Waals surface area contributed by atoms with E-state index in [1.807, 2.05) is 36.4 Å². The van der Waals surface area contributed by atoms with Crippen LogP contribution < -0.4 is 11.5 Å². The van der Waals surface area contributed by atoms with Gasteiger partial charge in [0.05, 0.1) is 0 Å². The van der Waals surface area contributed by atoms with Gasteiger partial charge in [0.25, 0.3) is 0 Å². The molecular weight excluding hydrogens is 632 g/mol. The summed E-state index contributed by atoms with van der Waals surface area (Å²) in [6.07, 6.45) is 29.3. The van der Waals surface area contributed by atoms with Crippen LogP contribution in [-0.2, 0) is 19.2 Å². The zero-order chi connectivity index (χ0) is 38.1. The van der Waals surface area contributed by atoms with Gasteiger partial charge in [-0.15, -0.1) is 0 Å². The van der Waals surface area contributed by atoms with Gasteiger partial charge < -0.3 is 21.7 Å². The van der Waals surface area contributed by atoms with Crippen LogP contribution in [0.4, 0.5) is 0 Å². The Morgan fingerprint density at radius 2 is 0.760 bits per heavy atom. The van der Waals surface area contributed by atoms with Crippen LogP contribution in [0.5, 0.6) is 0 Å². The first-order valence-electron chi connectivity index (χ1n) is 18.5. The van der Waals surface area contributed by atoms with E-state index in [4.69, 9.17) is 21.7 Å². The zero-order valence-corrected chi connectivity index (χ0v) is 31.4. The minimum absolute atomic E-state index is 0.0982. The molecular formula is C40H68N4O6. The third-order valence-electron chi connectivity index (χ3n) is 7.43. The summed E-state index contributed by atoms with van der Waals surface area (Å²) in [6, 6.07) is 11.4. The highest BCUT2D eigenvalue weighted by Gasteiger charge is 2.14. The van der Waals surface area contributed by atoms with Crippen LogP contribution in [0.2, 0.25) is 0 Å². The second kappa shape index (κ2) is 41.1. The van der Waals surface area contributed by atoms with Crippen molar-refractivity contribution < 1.29 is 29.4 Å². The minimum Gasteiger partial charge on any atom is -0.478 e. The molecule has 2 aromatic rings. The highest BCUT2D eigenvalue weighted by molar-refractivity contribution is 5.89. The Hall–Kier alpha value is -4.08. The van der Waals surface area contributed by atoms with E-state index in [-0.39, 0.29) is 23.7 Å². The number of pyridine rings is 2. The third kappa shape index (κ3) is 43.9. The Morgan fingerprint density at radius 3 is 0.960 bits per heavy atom. The molecule has 0 bridgehead atoms. The van der Waals surface area contributed by atoms with Crippen molar-refractivity contribution in [2.24, 2.45) is 23.3 Å². The SMILES string of the molecule is CCCCCCCC(CCCC)C(N)=O.CCCCCCCC(CCCC)C(N)=O.O=C(O)/C=C/C(=O)O.c1ccncc1.c1ccncc1. The van der Waals surface area contributed by atoms with E-state index in [0.717, 1.165) is 64.2 Å². The van der Waals surface area contributed by atoms with Crippen molar-refractivity contribution in [3.8, 4) is 0 Å². The molecule has 50 heavy (non-hydrogen) atoms. The summed E-state index contributed by atoms with van der Waals surface area (Å²) in [5.41, 5.74) is 10.8. The second-order valence-electron chi connectivity index (χ2n) is 11.9.